The average molecular weight is 976 g/mol. The van der Waals surface area contributed by atoms with Crippen LogP contribution in [0, 0.1) is 25.2 Å². The van der Waals surface area contributed by atoms with Gasteiger partial charge in [0.15, 0.2) is 5.75 Å². The van der Waals surface area contributed by atoms with Crippen molar-refractivity contribution in [2.75, 3.05) is 45.4 Å². The SMILES string of the molecule is CC1(C)CCC(Cc2ccc(Cl)cc2)C1(O)Cn1cncn1.CCCN(CCOc1c(Cl)cc(Cl)cc1Cl)C(=O)n1ccnc1.COCC(=O)N(c1c(C)cccc1C)C(C)C(=O)OC. The third-order valence-corrected chi connectivity index (χ3v) is 12.5. The van der Waals surface area contributed by atoms with Gasteiger partial charge in [0.05, 0.1) is 41.5 Å². The van der Waals surface area contributed by atoms with Crippen LogP contribution in [0.25, 0.3) is 0 Å². The molecule has 1 aliphatic rings. The second-order valence-corrected chi connectivity index (χ2v) is 18.1. The van der Waals surface area contributed by atoms with Crippen molar-refractivity contribution in [2.45, 2.75) is 85.4 Å². The number of aromatic nitrogens is 5. The molecule has 6 rings (SSSR count). The summed E-state index contributed by atoms with van der Waals surface area (Å²) in [6, 6.07) is 15.9. The van der Waals surface area contributed by atoms with Crippen molar-refractivity contribution < 1.29 is 33.7 Å². The molecule has 3 unspecified atom stereocenters. The molecule has 1 N–H and O–H groups in total. The minimum atomic E-state index is -0.791. The predicted octanol–water partition coefficient (Wildman–Crippen LogP) is 9.79. The minimum Gasteiger partial charge on any atom is -0.489 e. The number of carbonyl (C=O) groups excluding carboxylic acids is 3. The van der Waals surface area contributed by atoms with Crippen molar-refractivity contribution in [3.05, 3.63) is 123 Å². The summed E-state index contributed by atoms with van der Waals surface area (Å²) in [5, 5.41) is 17.5. The minimum absolute atomic E-state index is 0.0882. The number of halogens is 4. The number of hydrogen-bond donors (Lipinski definition) is 1. The van der Waals surface area contributed by atoms with Gasteiger partial charge in [0.1, 0.15) is 38.2 Å². The number of ether oxygens (including phenoxy) is 3. The molecule has 3 aromatic carbocycles. The summed E-state index contributed by atoms with van der Waals surface area (Å²) in [5.74, 6) is -0.169. The summed E-state index contributed by atoms with van der Waals surface area (Å²) in [6.07, 6.45) is 11.5. The average Bonchev–Trinajstić information content (AvgIpc) is 4.04. The molecular formula is C47H59Cl4N7O7. The van der Waals surface area contributed by atoms with Gasteiger partial charge in [0, 0.05) is 36.1 Å². The smallest absolute Gasteiger partial charge is 0.329 e. The lowest BCUT2D eigenvalue weighted by Crippen LogP contribution is -2.49. The Balaban J connectivity index is 0.000000214. The van der Waals surface area contributed by atoms with Gasteiger partial charge in [0.25, 0.3) is 5.91 Å². The zero-order valence-corrected chi connectivity index (χ0v) is 41.2. The fourth-order valence-corrected chi connectivity index (χ4v) is 8.90. The highest BCUT2D eigenvalue weighted by Crippen LogP contribution is 2.51. The van der Waals surface area contributed by atoms with E-state index in [1.807, 2.05) is 63.2 Å². The Labute approximate surface area is 401 Å². The lowest BCUT2D eigenvalue weighted by molar-refractivity contribution is -0.143. The van der Waals surface area contributed by atoms with E-state index in [9.17, 15) is 19.5 Å². The van der Waals surface area contributed by atoms with Gasteiger partial charge in [-0.3, -0.25) is 18.9 Å². The number of benzene rings is 3. The number of anilines is 1. The molecule has 0 bridgehead atoms. The molecule has 1 fully saturated rings. The zero-order valence-electron chi connectivity index (χ0n) is 38.1. The van der Waals surface area contributed by atoms with Crippen molar-refractivity contribution in [2.24, 2.45) is 11.3 Å². The van der Waals surface area contributed by atoms with Gasteiger partial charge in [-0.2, -0.15) is 5.10 Å². The largest absolute Gasteiger partial charge is 0.489 e. The Morgan fingerprint density at radius 1 is 0.938 bits per heavy atom. The molecule has 0 spiro atoms. The van der Waals surface area contributed by atoms with Crippen LogP contribution in [0.3, 0.4) is 0 Å². The van der Waals surface area contributed by atoms with Gasteiger partial charge in [-0.25, -0.2) is 19.6 Å². The highest BCUT2D eigenvalue weighted by Gasteiger charge is 2.54. The first kappa shape index (κ1) is 52.9. The van der Waals surface area contributed by atoms with Crippen molar-refractivity contribution in [3.8, 4) is 5.75 Å². The Hall–Kier alpha value is -4.70. The molecule has 65 heavy (non-hydrogen) atoms. The van der Waals surface area contributed by atoms with Crippen molar-refractivity contribution in [1.82, 2.24) is 29.2 Å². The highest BCUT2D eigenvalue weighted by molar-refractivity contribution is 6.40. The summed E-state index contributed by atoms with van der Waals surface area (Å²) in [7, 11) is 2.76. The number of hydrogen-bond acceptors (Lipinski definition) is 10. The summed E-state index contributed by atoms with van der Waals surface area (Å²) < 4.78 is 18.4. The summed E-state index contributed by atoms with van der Waals surface area (Å²) in [6.45, 7) is 13.4. The van der Waals surface area contributed by atoms with Crippen LogP contribution in [0.15, 0.2) is 86.0 Å². The van der Waals surface area contributed by atoms with Gasteiger partial charge in [0.2, 0.25) is 0 Å². The van der Waals surface area contributed by atoms with E-state index in [2.05, 4.69) is 28.9 Å². The van der Waals surface area contributed by atoms with Gasteiger partial charge in [-0.1, -0.05) is 97.5 Å². The predicted molar refractivity (Wildman–Crippen MR) is 255 cm³/mol. The third kappa shape index (κ3) is 14.2. The number of carbonyl (C=O) groups is 3. The van der Waals surface area contributed by atoms with Gasteiger partial charge >= 0.3 is 12.0 Å². The number of esters is 1. The first-order chi connectivity index (χ1) is 30.9. The first-order valence-electron chi connectivity index (χ1n) is 21.2. The first-order valence-corrected chi connectivity index (χ1v) is 22.7. The Bertz CT molecular complexity index is 2250. The molecule has 5 aromatic rings. The maximum atomic E-state index is 12.3. The number of para-hydroxylation sites is 1. The lowest BCUT2D eigenvalue weighted by atomic mass is 9.72. The van der Waals surface area contributed by atoms with Crippen molar-refractivity contribution in [1.29, 1.82) is 0 Å². The van der Waals surface area contributed by atoms with E-state index in [1.165, 1.54) is 41.9 Å². The number of aryl methyl sites for hydroxylation is 2. The molecule has 1 aliphatic carbocycles. The number of imidazole rings is 1. The van der Waals surface area contributed by atoms with E-state index in [-0.39, 0.29) is 36.5 Å². The molecule has 18 heteroatoms. The van der Waals surface area contributed by atoms with Crippen molar-refractivity contribution in [3.63, 3.8) is 0 Å². The van der Waals surface area contributed by atoms with Crippen LogP contribution < -0.4 is 9.64 Å². The summed E-state index contributed by atoms with van der Waals surface area (Å²) in [4.78, 5) is 47.4. The number of methoxy groups -OCH3 is 2. The number of amides is 2. The molecule has 0 saturated heterocycles. The third-order valence-electron chi connectivity index (χ3n) is 11.4. The summed E-state index contributed by atoms with van der Waals surface area (Å²) in [5.41, 5.74) is 2.85. The summed E-state index contributed by atoms with van der Waals surface area (Å²) >= 11 is 24.0. The molecular weight excluding hydrogens is 916 g/mol. The molecule has 14 nitrogen and oxygen atoms in total. The molecule has 3 atom stereocenters. The molecule has 0 radical (unpaired) electrons. The number of nitrogens with zero attached hydrogens (tertiary/aromatic N) is 7. The molecule has 1 saturated carbocycles. The zero-order chi connectivity index (χ0) is 47.9. The van der Waals surface area contributed by atoms with E-state index in [1.54, 1.807) is 47.4 Å². The van der Waals surface area contributed by atoms with E-state index in [0.29, 0.717) is 40.5 Å². The van der Waals surface area contributed by atoms with Crippen LogP contribution in [-0.2, 0) is 32.0 Å². The van der Waals surface area contributed by atoms with Gasteiger partial charge < -0.3 is 24.2 Å². The van der Waals surface area contributed by atoms with Crippen LogP contribution in [0.5, 0.6) is 5.75 Å². The van der Waals surface area contributed by atoms with E-state index in [0.717, 1.165) is 47.5 Å². The van der Waals surface area contributed by atoms with Crippen LogP contribution in [-0.4, -0.2) is 104 Å². The van der Waals surface area contributed by atoms with Gasteiger partial charge in [-0.15, -0.1) is 0 Å². The van der Waals surface area contributed by atoms with Crippen LogP contribution in [0.1, 0.15) is 63.6 Å². The Kier molecular flexibility index (Phi) is 20.1. The maximum absolute atomic E-state index is 12.3. The Morgan fingerprint density at radius 3 is 2.15 bits per heavy atom. The number of rotatable bonds is 15. The maximum Gasteiger partial charge on any atom is 0.329 e. The second kappa shape index (κ2) is 24.7. The molecule has 2 aromatic heterocycles. The van der Waals surface area contributed by atoms with Crippen LogP contribution >= 0.6 is 46.4 Å². The monoisotopic (exact) mass is 973 g/mol. The van der Waals surface area contributed by atoms with Crippen LogP contribution in [0.4, 0.5) is 10.5 Å². The molecule has 352 valence electrons. The van der Waals surface area contributed by atoms with Crippen molar-refractivity contribution >= 4 is 70.0 Å². The van der Waals surface area contributed by atoms with E-state index >= 15 is 0 Å². The van der Waals surface area contributed by atoms with Gasteiger partial charge in [-0.05, 0) is 98.7 Å². The fraction of sp³-hybridized carbons (Fsp3) is 0.447. The lowest BCUT2D eigenvalue weighted by Gasteiger charge is -2.40. The standard InChI is InChI=1S/C17H22ClN3O.C15H16Cl3N3O2.C15H21NO4/c1-16(2)8-7-14(9-13-3-5-15(18)6-4-13)17(16,22)10-21-12-19-11-20-21;1-2-4-20(15(22)21-5-3-19-10-21)6-7-23-14-12(17)8-11(16)9-13(14)18;1-10-7-6-8-11(2)14(10)16(13(17)9-19-4)12(3)15(18)20-5/h3-6,11-12,14,22H,7-10H2,1-2H3;3,5,8-10H,2,4,6-7H2,1H3;6-8,12H,9H2,1-5H3. The second-order valence-electron chi connectivity index (χ2n) is 16.4. The molecule has 0 aliphatic heterocycles. The number of aliphatic hydroxyl groups is 1. The Morgan fingerprint density at radius 2 is 1.60 bits per heavy atom. The molecule has 2 heterocycles. The molecule has 2 amide bonds. The highest BCUT2D eigenvalue weighted by atomic mass is 35.5. The fourth-order valence-electron chi connectivity index (χ4n) is 7.85. The van der Waals surface area contributed by atoms with E-state index in [4.69, 9.17) is 60.6 Å². The van der Waals surface area contributed by atoms with Crippen LogP contribution in [0.2, 0.25) is 20.1 Å². The van der Waals surface area contributed by atoms with E-state index < -0.39 is 17.6 Å². The normalized spacial score (nSPS) is 16.6. The topological polar surface area (TPSA) is 154 Å². The quantitative estimate of drug-likeness (QED) is 0.100.